The van der Waals surface area contributed by atoms with Crippen molar-refractivity contribution in [2.45, 2.75) is 6.42 Å². The molecule has 0 bridgehead atoms. The van der Waals surface area contributed by atoms with E-state index in [1.807, 2.05) is 36.4 Å². The number of hydrogen-bond acceptors (Lipinski definition) is 4. The third-order valence-electron chi connectivity index (χ3n) is 2.55. The summed E-state index contributed by atoms with van der Waals surface area (Å²) >= 11 is 0. The SMILES string of the molecule is COc1ccc(/C=C/Cc2cc(O)cc(=O)o2)cc1. The summed E-state index contributed by atoms with van der Waals surface area (Å²) in [5, 5.41) is 9.27. The molecule has 98 valence electrons. The van der Waals surface area contributed by atoms with Gasteiger partial charge in [-0.2, -0.15) is 0 Å². The number of benzene rings is 1. The molecule has 0 saturated carbocycles. The molecule has 0 aliphatic heterocycles. The van der Waals surface area contributed by atoms with E-state index in [4.69, 9.17) is 9.15 Å². The lowest BCUT2D eigenvalue weighted by atomic mass is 10.2. The molecule has 0 radical (unpaired) electrons. The molecule has 2 aromatic rings. The number of ether oxygens (including phenoxy) is 1. The Hall–Kier alpha value is -2.49. The maximum atomic E-state index is 11.1. The summed E-state index contributed by atoms with van der Waals surface area (Å²) in [6.07, 6.45) is 4.21. The molecule has 4 nitrogen and oxygen atoms in total. The van der Waals surface area contributed by atoms with Crippen LogP contribution in [0.2, 0.25) is 0 Å². The third-order valence-corrected chi connectivity index (χ3v) is 2.55. The van der Waals surface area contributed by atoms with Crippen LogP contribution < -0.4 is 10.4 Å². The van der Waals surface area contributed by atoms with E-state index in [0.717, 1.165) is 17.4 Å². The predicted octanol–water partition coefficient (Wildman–Crippen LogP) is 2.61. The summed E-state index contributed by atoms with van der Waals surface area (Å²) in [7, 11) is 1.62. The Morgan fingerprint density at radius 3 is 2.63 bits per heavy atom. The van der Waals surface area contributed by atoms with Crippen LogP contribution in [0, 0.1) is 0 Å². The number of aromatic hydroxyl groups is 1. The quantitative estimate of drug-likeness (QED) is 0.915. The molecule has 1 aromatic carbocycles. The highest BCUT2D eigenvalue weighted by Gasteiger charge is 1.98. The first-order chi connectivity index (χ1) is 9.17. The molecular weight excluding hydrogens is 244 g/mol. The Morgan fingerprint density at radius 2 is 2.00 bits per heavy atom. The van der Waals surface area contributed by atoms with E-state index < -0.39 is 5.63 Å². The van der Waals surface area contributed by atoms with Gasteiger partial charge in [0.05, 0.1) is 13.2 Å². The van der Waals surface area contributed by atoms with Crippen LogP contribution in [-0.4, -0.2) is 12.2 Å². The number of allylic oxidation sites excluding steroid dienone is 1. The van der Waals surface area contributed by atoms with Crippen molar-refractivity contribution in [3.05, 3.63) is 64.2 Å². The lowest BCUT2D eigenvalue weighted by molar-refractivity contribution is 0.415. The van der Waals surface area contributed by atoms with Gasteiger partial charge in [-0.05, 0) is 17.7 Å². The third kappa shape index (κ3) is 3.74. The molecule has 0 aliphatic carbocycles. The summed E-state index contributed by atoms with van der Waals surface area (Å²) in [6, 6.07) is 10.1. The van der Waals surface area contributed by atoms with Gasteiger partial charge < -0.3 is 14.3 Å². The van der Waals surface area contributed by atoms with Crippen molar-refractivity contribution in [3.63, 3.8) is 0 Å². The van der Waals surface area contributed by atoms with Gasteiger partial charge in [-0.3, -0.25) is 0 Å². The monoisotopic (exact) mass is 258 g/mol. The van der Waals surface area contributed by atoms with E-state index >= 15 is 0 Å². The fraction of sp³-hybridized carbons (Fsp3) is 0.133. The van der Waals surface area contributed by atoms with Crippen LogP contribution in [0.1, 0.15) is 11.3 Å². The highest BCUT2D eigenvalue weighted by atomic mass is 16.5. The van der Waals surface area contributed by atoms with Crippen LogP contribution in [0.25, 0.3) is 6.08 Å². The Bertz CT molecular complexity index is 623. The van der Waals surface area contributed by atoms with Gasteiger partial charge in [-0.25, -0.2) is 4.79 Å². The van der Waals surface area contributed by atoms with Crippen molar-refractivity contribution in [2.75, 3.05) is 7.11 Å². The van der Waals surface area contributed by atoms with E-state index in [9.17, 15) is 9.90 Å². The van der Waals surface area contributed by atoms with Crippen molar-refractivity contribution in [3.8, 4) is 11.5 Å². The maximum Gasteiger partial charge on any atom is 0.339 e. The Morgan fingerprint density at radius 1 is 1.26 bits per heavy atom. The van der Waals surface area contributed by atoms with Crippen LogP contribution in [-0.2, 0) is 6.42 Å². The second-order valence-electron chi connectivity index (χ2n) is 3.98. The molecule has 0 aliphatic rings. The average Bonchev–Trinajstić information content (AvgIpc) is 2.38. The molecule has 2 rings (SSSR count). The molecule has 1 N–H and O–H groups in total. The molecule has 0 unspecified atom stereocenters. The van der Waals surface area contributed by atoms with Crippen molar-refractivity contribution in [2.24, 2.45) is 0 Å². The normalized spacial score (nSPS) is 10.8. The second kappa shape index (κ2) is 5.91. The first kappa shape index (κ1) is 13.0. The molecule has 19 heavy (non-hydrogen) atoms. The maximum absolute atomic E-state index is 11.1. The van der Waals surface area contributed by atoms with Crippen molar-refractivity contribution >= 4 is 6.08 Å². The minimum absolute atomic E-state index is 0.0795. The summed E-state index contributed by atoms with van der Waals surface area (Å²) in [6.45, 7) is 0. The largest absolute Gasteiger partial charge is 0.508 e. The number of rotatable bonds is 4. The van der Waals surface area contributed by atoms with Gasteiger partial charge in [0.1, 0.15) is 17.3 Å². The minimum atomic E-state index is -0.548. The molecule has 0 spiro atoms. The first-order valence-corrected chi connectivity index (χ1v) is 5.81. The van der Waals surface area contributed by atoms with E-state index in [2.05, 4.69) is 0 Å². The van der Waals surface area contributed by atoms with Crippen LogP contribution in [0.3, 0.4) is 0 Å². The van der Waals surface area contributed by atoms with Gasteiger partial charge in [0.25, 0.3) is 0 Å². The fourth-order valence-electron chi connectivity index (χ4n) is 1.64. The van der Waals surface area contributed by atoms with Crippen LogP contribution in [0.15, 0.2) is 51.7 Å². The topological polar surface area (TPSA) is 59.7 Å². The van der Waals surface area contributed by atoms with Crippen molar-refractivity contribution in [1.29, 1.82) is 0 Å². The molecule has 0 fully saturated rings. The fourth-order valence-corrected chi connectivity index (χ4v) is 1.64. The van der Waals surface area contributed by atoms with Crippen molar-refractivity contribution < 1.29 is 14.3 Å². The summed E-state index contributed by atoms with van der Waals surface area (Å²) in [5.41, 5.74) is 0.469. The van der Waals surface area contributed by atoms with Gasteiger partial charge >= 0.3 is 5.63 Å². The summed E-state index contributed by atoms with van der Waals surface area (Å²) in [4.78, 5) is 11.1. The van der Waals surface area contributed by atoms with Gasteiger partial charge in [-0.15, -0.1) is 0 Å². The molecule has 1 aromatic heterocycles. The van der Waals surface area contributed by atoms with Crippen LogP contribution in [0.5, 0.6) is 11.5 Å². The zero-order valence-corrected chi connectivity index (χ0v) is 10.5. The Labute approximate surface area is 110 Å². The van der Waals surface area contributed by atoms with Gasteiger partial charge in [0.15, 0.2) is 0 Å². The molecule has 0 amide bonds. The highest BCUT2D eigenvalue weighted by molar-refractivity contribution is 5.50. The second-order valence-corrected chi connectivity index (χ2v) is 3.98. The van der Waals surface area contributed by atoms with Gasteiger partial charge in [0.2, 0.25) is 0 Å². The minimum Gasteiger partial charge on any atom is -0.508 e. The number of methoxy groups -OCH3 is 1. The molecule has 4 heteroatoms. The highest BCUT2D eigenvalue weighted by Crippen LogP contribution is 2.13. The Kier molecular flexibility index (Phi) is 4.03. The van der Waals surface area contributed by atoms with Crippen molar-refractivity contribution in [1.82, 2.24) is 0 Å². The van der Waals surface area contributed by atoms with E-state index in [0.29, 0.717) is 12.2 Å². The van der Waals surface area contributed by atoms with Gasteiger partial charge in [-0.1, -0.05) is 24.3 Å². The molecular formula is C15H14O4. The summed E-state index contributed by atoms with van der Waals surface area (Å²) < 4.78 is 10.0. The Balaban J connectivity index is 2.04. The lowest BCUT2D eigenvalue weighted by Crippen LogP contribution is -1.97. The van der Waals surface area contributed by atoms with E-state index in [1.54, 1.807) is 7.11 Å². The van der Waals surface area contributed by atoms with E-state index in [1.165, 1.54) is 6.07 Å². The molecule has 0 atom stereocenters. The van der Waals surface area contributed by atoms with Gasteiger partial charge in [0, 0.05) is 12.5 Å². The number of hydrogen-bond donors (Lipinski definition) is 1. The smallest absolute Gasteiger partial charge is 0.339 e. The van der Waals surface area contributed by atoms with Crippen LogP contribution in [0.4, 0.5) is 0 Å². The average molecular weight is 258 g/mol. The predicted molar refractivity (Wildman–Crippen MR) is 72.4 cm³/mol. The lowest BCUT2D eigenvalue weighted by Gasteiger charge is -1.99. The summed E-state index contributed by atoms with van der Waals surface area (Å²) in [5.74, 6) is 1.15. The van der Waals surface area contributed by atoms with Crippen LogP contribution >= 0.6 is 0 Å². The molecule has 0 saturated heterocycles. The zero-order chi connectivity index (χ0) is 13.7. The standard InChI is InChI=1S/C15H14O4/c1-18-13-7-5-11(6-8-13)3-2-4-14-9-12(16)10-15(17)19-14/h2-3,5-10,16H,4H2,1H3/b3-2+. The first-order valence-electron chi connectivity index (χ1n) is 5.81. The van der Waals surface area contributed by atoms with E-state index in [-0.39, 0.29) is 5.75 Å². The zero-order valence-electron chi connectivity index (χ0n) is 10.5. The molecule has 1 heterocycles.